The molecule has 1 heterocycles. The van der Waals surface area contributed by atoms with Gasteiger partial charge in [-0.2, -0.15) is 0 Å². The van der Waals surface area contributed by atoms with Crippen molar-refractivity contribution in [3.8, 4) is 0 Å². The van der Waals surface area contributed by atoms with Crippen LogP contribution in [0, 0.1) is 0 Å². The van der Waals surface area contributed by atoms with Crippen LogP contribution in [0.15, 0.2) is 5.38 Å². The van der Waals surface area contributed by atoms with Crippen LogP contribution in [0.25, 0.3) is 0 Å². The van der Waals surface area contributed by atoms with Crippen LogP contribution in [0.3, 0.4) is 0 Å². The molecule has 1 unspecified atom stereocenters. The SMILES string of the molecule is CCOC(=O)c1csc(C(C)COC)n1. The van der Waals surface area contributed by atoms with E-state index in [1.165, 1.54) is 11.3 Å². The van der Waals surface area contributed by atoms with Crippen LogP contribution in [0.5, 0.6) is 0 Å². The number of esters is 1. The van der Waals surface area contributed by atoms with E-state index < -0.39 is 0 Å². The van der Waals surface area contributed by atoms with Gasteiger partial charge in [-0.1, -0.05) is 6.92 Å². The van der Waals surface area contributed by atoms with Crippen LogP contribution in [0.4, 0.5) is 0 Å². The summed E-state index contributed by atoms with van der Waals surface area (Å²) in [7, 11) is 1.65. The maximum atomic E-state index is 11.3. The second-order valence-corrected chi connectivity index (χ2v) is 4.04. The summed E-state index contributed by atoms with van der Waals surface area (Å²) in [4.78, 5) is 15.5. The van der Waals surface area contributed by atoms with Gasteiger partial charge < -0.3 is 9.47 Å². The summed E-state index contributed by atoms with van der Waals surface area (Å²) >= 11 is 1.46. The molecule has 0 N–H and O–H groups in total. The Labute approximate surface area is 93.2 Å². The highest BCUT2D eigenvalue weighted by Gasteiger charge is 2.15. The number of ether oxygens (including phenoxy) is 2. The lowest BCUT2D eigenvalue weighted by molar-refractivity contribution is 0.0520. The zero-order chi connectivity index (χ0) is 11.3. The summed E-state index contributed by atoms with van der Waals surface area (Å²) in [6, 6.07) is 0. The quantitative estimate of drug-likeness (QED) is 0.725. The molecule has 84 valence electrons. The third kappa shape index (κ3) is 3.28. The molecule has 1 aromatic heterocycles. The van der Waals surface area contributed by atoms with Gasteiger partial charge in [0, 0.05) is 18.4 Å². The van der Waals surface area contributed by atoms with Crippen LogP contribution < -0.4 is 0 Å². The second kappa shape index (κ2) is 5.82. The Kier molecular flexibility index (Phi) is 4.71. The Morgan fingerprint density at radius 3 is 3.00 bits per heavy atom. The van der Waals surface area contributed by atoms with Crippen molar-refractivity contribution in [3.05, 3.63) is 16.1 Å². The first-order chi connectivity index (χ1) is 7.19. The highest BCUT2D eigenvalue weighted by molar-refractivity contribution is 7.09. The largest absolute Gasteiger partial charge is 0.461 e. The van der Waals surface area contributed by atoms with Crippen LogP contribution in [-0.4, -0.2) is 31.3 Å². The van der Waals surface area contributed by atoms with Crippen molar-refractivity contribution < 1.29 is 14.3 Å². The first-order valence-electron chi connectivity index (χ1n) is 4.80. The molecule has 5 heteroatoms. The van der Waals surface area contributed by atoms with E-state index >= 15 is 0 Å². The van der Waals surface area contributed by atoms with Gasteiger partial charge in [-0.3, -0.25) is 0 Å². The zero-order valence-electron chi connectivity index (χ0n) is 9.15. The van der Waals surface area contributed by atoms with Crippen LogP contribution >= 0.6 is 11.3 Å². The van der Waals surface area contributed by atoms with Gasteiger partial charge in [0.1, 0.15) is 0 Å². The average molecular weight is 229 g/mol. The van der Waals surface area contributed by atoms with Crippen LogP contribution in [0.1, 0.15) is 35.3 Å². The molecule has 15 heavy (non-hydrogen) atoms. The molecule has 1 aromatic rings. The molecule has 0 aliphatic carbocycles. The highest BCUT2D eigenvalue weighted by atomic mass is 32.1. The monoisotopic (exact) mass is 229 g/mol. The van der Waals surface area contributed by atoms with Crippen molar-refractivity contribution >= 4 is 17.3 Å². The Bertz CT molecular complexity index is 324. The predicted octanol–water partition coefficient (Wildman–Crippen LogP) is 2.07. The van der Waals surface area contributed by atoms with Crippen LogP contribution in [0.2, 0.25) is 0 Å². The average Bonchev–Trinajstić information content (AvgIpc) is 2.67. The fourth-order valence-corrected chi connectivity index (χ4v) is 1.97. The Balaban J connectivity index is 2.67. The number of thiazole rings is 1. The summed E-state index contributed by atoms with van der Waals surface area (Å²) < 4.78 is 9.88. The van der Waals surface area contributed by atoms with E-state index in [1.807, 2.05) is 6.92 Å². The number of nitrogens with zero attached hydrogens (tertiary/aromatic N) is 1. The van der Waals surface area contributed by atoms with Gasteiger partial charge in [-0.05, 0) is 6.92 Å². The van der Waals surface area contributed by atoms with Crippen molar-refractivity contribution in [1.29, 1.82) is 0 Å². The van der Waals surface area contributed by atoms with Crippen molar-refractivity contribution in [1.82, 2.24) is 4.98 Å². The summed E-state index contributed by atoms with van der Waals surface area (Å²) in [5, 5.41) is 2.62. The molecule has 0 saturated heterocycles. The summed E-state index contributed by atoms with van der Waals surface area (Å²) in [6.07, 6.45) is 0. The smallest absolute Gasteiger partial charge is 0.357 e. The Hall–Kier alpha value is -0.940. The maximum Gasteiger partial charge on any atom is 0.357 e. The minimum Gasteiger partial charge on any atom is -0.461 e. The van der Waals surface area contributed by atoms with Gasteiger partial charge in [-0.25, -0.2) is 9.78 Å². The number of carbonyl (C=O) groups excluding carboxylic acids is 1. The van der Waals surface area contributed by atoms with Crippen molar-refractivity contribution in [2.75, 3.05) is 20.3 Å². The Morgan fingerprint density at radius 1 is 1.67 bits per heavy atom. The van der Waals surface area contributed by atoms with Gasteiger partial charge in [0.15, 0.2) is 5.69 Å². The first kappa shape index (κ1) is 12.1. The van der Waals surface area contributed by atoms with Gasteiger partial charge >= 0.3 is 5.97 Å². The minimum absolute atomic E-state index is 0.211. The molecule has 1 atom stereocenters. The molecule has 0 fully saturated rings. The molecule has 1 rings (SSSR count). The van der Waals surface area contributed by atoms with Crippen molar-refractivity contribution in [2.24, 2.45) is 0 Å². The van der Waals surface area contributed by atoms with Gasteiger partial charge in [-0.15, -0.1) is 11.3 Å². The number of rotatable bonds is 5. The van der Waals surface area contributed by atoms with E-state index in [4.69, 9.17) is 9.47 Å². The molecule has 4 nitrogen and oxygen atoms in total. The third-order valence-electron chi connectivity index (χ3n) is 1.84. The lowest BCUT2D eigenvalue weighted by Crippen LogP contribution is -2.06. The van der Waals surface area contributed by atoms with Gasteiger partial charge in [0.05, 0.1) is 18.2 Å². The topological polar surface area (TPSA) is 48.4 Å². The summed E-state index contributed by atoms with van der Waals surface area (Å²) in [5.41, 5.74) is 0.389. The standard InChI is InChI=1S/C10H15NO3S/c1-4-14-10(12)8-6-15-9(11-8)7(2)5-13-3/h6-7H,4-5H2,1-3H3. The predicted molar refractivity (Wildman–Crippen MR) is 58.4 cm³/mol. The molecule has 0 saturated carbocycles. The molecule has 0 spiro atoms. The van der Waals surface area contributed by atoms with E-state index in [0.29, 0.717) is 18.9 Å². The molecule has 0 radical (unpaired) electrons. The van der Waals surface area contributed by atoms with E-state index in [-0.39, 0.29) is 11.9 Å². The summed E-state index contributed by atoms with van der Waals surface area (Å²) in [5.74, 6) is -0.146. The molecule has 0 aromatic carbocycles. The number of methoxy groups -OCH3 is 1. The van der Waals surface area contributed by atoms with Crippen molar-refractivity contribution in [3.63, 3.8) is 0 Å². The van der Waals surface area contributed by atoms with Crippen LogP contribution in [-0.2, 0) is 9.47 Å². The maximum absolute atomic E-state index is 11.3. The second-order valence-electron chi connectivity index (χ2n) is 3.15. The third-order valence-corrected chi connectivity index (χ3v) is 2.92. The molecule has 0 bridgehead atoms. The number of carbonyl (C=O) groups is 1. The molecule has 0 amide bonds. The van der Waals surface area contributed by atoms with E-state index in [0.717, 1.165) is 5.01 Å². The number of aromatic nitrogens is 1. The van der Waals surface area contributed by atoms with E-state index in [9.17, 15) is 4.79 Å². The molecule has 0 aliphatic rings. The van der Waals surface area contributed by atoms with Crippen molar-refractivity contribution in [2.45, 2.75) is 19.8 Å². The lowest BCUT2D eigenvalue weighted by atomic mass is 10.2. The van der Waals surface area contributed by atoms with E-state index in [2.05, 4.69) is 4.98 Å². The van der Waals surface area contributed by atoms with Gasteiger partial charge in [0.2, 0.25) is 0 Å². The molecular formula is C10H15NO3S. The zero-order valence-corrected chi connectivity index (χ0v) is 9.97. The minimum atomic E-state index is -0.357. The Morgan fingerprint density at radius 2 is 2.40 bits per heavy atom. The highest BCUT2D eigenvalue weighted by Crippen LogP contribution is 2.20. The number of hydrogen-bond donors (Lipinski definition) is 0. The normalized spacial score (nSPS) is 12.5. The first-order valence-corrected chi connectivity index (χ1v) is 5.68. The molecular weight excluding hydrogens is 214 g/mol. The lowest BCUT2D eigenvalue weighted by Gasteiger charge is -2.05. The van der Waals surface area contributed by atoms with Gasteiger partial charge in [0.25, 0.3) is 0 Å². The number of hydrogen-bond acceptors (Lipinski definition) is 5. The van der Waals surface area contributed by atoms with E-state index in [1.54, 1.807) is 19.4 Å². The summed E-state index contributed by atoms with van der Waals surface area (Å²) in [6.45, 7) is 4.77. The molecule has 0 aliphatic heterocycles. The fourth-order valence-electron chi connectivity index (χ4n) is 1.13. The fraction of sp³-hybridized carbons (Fsp3) is 0.600.